The molecule has 0 aromatic heterocycles. The lowest BCUT2D eigenvalue weighted by molar-refractivity contribution is -0.137. The molecule has 4 aliphatic rings. The van der Waals surface area contributed by atoms with Gasteiger partial charge in [-0.1, -0.05) is 31.9 Å². The molecule has 0 N–H and O–H groups in total. The highest BCUT2D eigenvalue weighted by molar-refractivity contribution is 5.83. The first kappa shape index (κ1) is 23.0. The minimum atomic E-state index is -0.160. The van der Waals surface area contributed by atoms with Crippen molar-refractivity contribution in [2.75, 3.05) is 13.2 Å². The van der Waals surface area contributed by atoms with E-state index in [-0.39, 0.29) is 17.7 Å². The summed E-state index contributed by atoms with van der Waals surface area (Å²) >= 11 is 0. The van der Waals surface area contributed by atoms with Crippen molar-refractivity contribution in [3.05, 3.63) is 41.0 Å². The number of fused-ring (bicyclic) bond motifs is 5. The van der Waals surface area contributed by atoms with Crippen LogP contribution in [0, 0.1) is 23.2 Å². The van der Waals surface area contributed by atoms with Gasteiger partial charge in [-0.15, -0.1) is 0 Å². The van der Waals surface area contributed by atoms with Crippen LogP contribution in [0.4, 0.5) is 0 Å². The zero-order chi connectivity index (χ0) is 23.0. The molecule has 6 atom stereocenters. The number of esters is 1. The Morgan fingerprint density at radius 3 is 2.85 bits per heavy atom. The van der Waals surface area contributed by atoms with Crippen LogP contribution in [0.25, 0.3) is 0 Å². The van der Waals surface area contributed by atoms with Crippen molar-refractivity contribution >= 4 is 5.97 Å². The smallest absolute Gasteiger partial charge is 0.330 e. The number of benzene rings is 1. The molecule has 33 heavy (non-hydrogen) atoms. The first-order chi connectivity index (χ1) is 16.0. The number of hydrogen-bond acceptors (Lipinski definition) is 4. The topological polar surface area (TPSA) is 44.8 Å². The monoisotopic (exact) mass is 452 g/mol. The standard InChI is InChI=1S/C29H40O4/c1-4-19-16-20-17-22(33-27-8-6-7-15-32-27)10-11-23(20)24-13-14-29(3)21(18-26(30)31-5-2)9-12-25(29)28(19)24/h10-11,17-19,24-25,27-28H,4-9,12-16H2,1-3H3. The van der Waals surface area contributed by atoms with Crippen LogP contribution in [-0.2, 0) is 20.7 Å². The molecule has 1 heterocycles. The highest BCUT2D eigenvalue weighted by Gasteiger charge is 2.54. The van der Waals surface area contributed by atoms with E-state index in [9.17, 15) is 4.79 Å². The molecule has 1 aromatic rings. The lowest BCUT2D eigenvalue weighted by Gasteiger charge is -2.52. The maximum absolute atomic E-state index is 12.2. The molecule has 2 saturated carbocycles. The number of carbonyl (C=O) groups excluding carboxylic acids is 1. The Morgan fingerprint density at radius 1 is 1.21 bits per heavy atom. The summed E-state index contributed by atoms with van der Waals surface area (Å²) in [5.41, 5.74) is 4.51. The van der Waals surface area contributed by atoms with Gasteiger partial charge >= 0.3 is 5.97 Å². The van der Waals surface area contributed by atoms with E-state index in [0.717, 1.165) is 44.5 Å². The number of rotatable bonds is 5. The molecule has 3 aliphatic carbocycles. The average molecular weight is 453 g/mol. The van der Waals surface area contributed by atoms with Crippen LogP contribution in [-0.4, -0.2) is 25.5 Å². The average Bonchev–Trinajstić information content (AvgIpc) is 3.15. The van der Waals surface area contributed by atoms with Crippen LogP contribution >= 0.6 is 0 Å². The minimum absolute atomic E-state index is 0.0893. The van der Waals surface area contributed by atoms with Gasteiger partial charge in [0.2, 0.25) is 0 Å². The van der Waals surface area contributed by atoms with E-state index in [1.54, 1.807) is 5.56 Å². The minimum Gasteiger partial charge on any atom is -0.465 e. The van der Waals surface area contributed by atoms with Gasteiger partial charge in [0.25, 0.3) is 0 Å². The van der Waals surface area contributed by atoms with E-state index < -0.39 is 0 Å². The molecule has 5 rings (SSSR count). The third-order valence-corrected chi connectivity index (χ3v) is 9.23. The van der Waals surface area contributed by atoms with E-state index in [1.807, 2.05) is 13.0 Å². The predicted octanol–water partition coefficient (Wildman–Crippen LogP) is 6.57. The van der Waals surface area contributed by atoms with Crippen molar-refractivity contribution in [3.8, 4) is 5.75 Å². The summed E-state index contributed by atoms with van der Waals surface area (Å²) in [7, 11) is 0. The molecule has 3 fully saturated rings. The predicted molar refractivity (Wildman–Crippen MR) is 129 cm³/mol. The molecule has 4 heteroatoms. The van der Waals surface area contributed by atoms with Gasteiger partial charge in [0, 0.05) is 12.5 Å². The molecule has 1 aromatic carbocycles. The van der Waals surface area contributed by atoms with Gasteiger partial charge < -0.3 is 14.2 Å². The Bertz CT molecular complexity index is 899. The van der Waals surface area contributed by atoms with E-state index in [1.165, 1.54) is 36.8 Å². The van der Waals surface area contributed by atoms with Crippen molar-refractivity contribution < 1.29 is 19.0 Å². The molecule has 0 bridgehead atoms. The maximum Gasteiger partial charge on any atom is 0.330 e. The van der Waals surface area contributed by atoms with Crippen LogP contribution in [0.1, 0.15) is 89.2 Å². The van der Waals surface area contributed by atoms with Gasteiger partial charge in [0.15, 0.2) is 6.29 Å². The Labute approximate surface area is 199 Å². The highest BCUT2D eigenvalue weighted by Crippen LogP contribution is 2.64. The molecule has 0 amide bonds. The molecule has 0 radical (unpaired) electrons. The quantitative estimate of drug-likeness (QED) is 0.374. The van der Waals surface area contributed by atoms with Gasteiger partial charge in [-0.25, -0.2) is 4.79 Å². The molecular formula is C29H40O4. The van der Waals surface area contributed by atoms with E-state index in [0.29, 0.717) is 30.3 Å². The van der Waals surface area contributed by atoms with E-state index in [2.05, 4.69) is 32.0 Å². The lowest BCUT2D eigenvalue weighted by Crippen LogP contribution is -2.44. The van der Waals surface area contributed by atoms with E-state index >= 15 is 0 Å². The fourth-order valence-electron chi connectivity index (χ4n) is 7.61. The summed E-state index contributed by atoms with van der Waals surface area (Å²) in [5.74, 6) is 3.47. The van der Waals surface area contributed by atoms with Crippen molar-refractivity contribution in [2.45, 2.75) is 90.8 Å². The Balaban J connectivity index is 1.39. The summed E-state index contributed by atoms with van der Waals surface area (Å²) < 4.78 is 17.3. The van der Waals surface area contributed by atoms with Gasteiger partial charge in [-0.3, -0.25) is 0 Å². The molecule has 1 saturated heterocycles. The van der Waals surface area contributed by atoms with Crippen LogP contribution < -0.4 is 4.74 Å². The van der Waals surface area contributed by atoms with Crippen molar-refractivity contribution in [1.82, 2.24) is 0 Å². The summed E-state index contributed by atoms with van der Waals surface area (Å²) in [4.78, 5) is 12.2. The fraction of sp³-hybridized carbons (Fsp3) is 0.690. The number of hydrogen-bond donors (Lipinski definition) is 0. The normalized spacial score (nSPS) is 36.6. The SMILES string of the molecule is CCOC(=O)C=C1CCC2C3C(CC)Cc4cc(OC5CCCCO5)ccc4C3CCC12C. The summed E-state index contributed by atoms with van der Waals surface area (Å²) in [6.07, 6.45) is 12.0. The fourth-order valence-corrected chi connectivity index (χ4v) is 7.61. The van der Waals surface area contributed by atoms with Crippen molar-refractivity contribution in [2.24, 2.45) is 23.2 Å². The number of allylic oxidation sites excluding steroid dienone is 1. The lowest BCUT2D eigenvalue weighted by atomic mass is 9.52. The van der Waals surface area contributed by atoms with Crippen LogP contribution in [0.2, 0.25) is 0 Å². The third kappa shape index (κ3) is 4.24. The zero-order valence-electron chi connectivity index (χ0n) is 20.6. The summed E-state index contributed by atoms with van der Waals surface area (Å²) in [5, 5.41) is 0. The van der Waals surface area contributed by atoms with Crippen molar-refractivity contribution in [1.29, 1.82) is 0 Å². The largest absolute Gasteiger partial charge is 0.465 e. The molecular weight excluding hydrogens is 412 g/mol. The highest BCUT2D eigenvalue weighted by atomic mass is 16.7. The molecule has 6 unspecified atom stereocenters. The molecule has 180 valence electrons. The third-order valence-electron chi connectivity index (χ3n) is 9.23. The number of ether oxygens (including phenoxy) is 3. The van der Waals surface area contributed by atoms with Gasteiger partial charge in [-0.2, -0.15) is 0 Å². The molecule has 0 spiro atoms. The van der Waals surface area contributed by atoms with Gasteiger partial charge in [-0.05, 0) is 104 Å². The Hall–Kier alpha value is -1.81. The molecule has 4 nitrogen and oxygen atoms in total. The second-order valence-electron chi connectivity index (χ2n) is 10.9. The zero-order valence-corrected chi connectivity index (χ0v) is 20.6. The second kappa shape index (κ2) is 9.44. The summed E-state index contributed by atoms with van der Waals surface area (Å²) in [6, 6.07) is 6.83. The maximum atomic E-state index is 12.2. The Morgan fingerprint density at radius 2 is 2.09 bits per heavy atom. The number of carbonyl (C=O) groups is 1. The second-order valence-corrected chi connectivity index (χ2v) is 10.9. The Kier molecular flexibility index (Phi) is 6.57. The van der Waals surface area contributed by atoms with Crippen molar-refractivity contribution in [3.63, 3.8) is 0 Å². The summed E-state index contributed by atoms with van der Waals surface area (Å²) in [6.45, 7) is 7.92. The van der Waals surface area contributed by atoms with Crippen LogP contribution in [0.3, 0.4) is 0 Å². The van der Waals surface area contributed by atoms with E-state index in [4.69, 9.17) is 14.2 Å². The van der Waals surface area contributed by atoms with Gasteiger partial charge in [0.05, 0.1) is 13.2 Å². The first-order valence-electron chi connectivity index (χ1n) is 13.3. The van der Waals surface area contributed by atoms with Crippen LogP contribution in [0.15, 0.2) is 29.8 Å². The first-order valence-corrected chi connectivity index (χ1v) is 13.3. The van der Waals surface area contributed by atoms with Crippen LogP contribution in [0.5, 0.6) is 5.75 Å². The molecule has 1 aliphatic heterocycles. The van der Waals surface area contributed by atoms with Gasteiger partial charge in [0.1, 0.15) is 5.75 Å².